The van der Waals surface area contributed by atoms with Crippen molar-refractivity contribution in [2.24, 2.45) is 5.73 Å². The Labute approximate surface area is 119 Å². The van der Waals surface area contributed by atoms with Crippen molar-refractivity contribution in [2.45, 2.75) is 31.3 Å². The van der Waals surface area contributed by atoms with Gasteiger partial charge >= 0.3 is 0 Å². The van der Waals surface area contributed by atoms with E-state index in [1.165, 1.54) is 0 Å². The summed E-state index contributed by atoms with van der Waals surface area (Å²) in [5.41, 5.74) is 6.64. The standard InChI is InChI=1S/C15H22N4O/c16-13-3-7-18(8-4-13)14-5-9-19(11-14)15(20)12-2-1-6-17-10-12/h1-2,6,10,13-14H,3-5,7-9,11,16H2. The number of hydrogen-bond acceptors (Lipinski definition) is 4. The molecule has 2 fully saturated rings. The van der Waals surface area contributed by atoms with Gasteiger partial charge in [-0.05, 0) is 44.5 Å². The van der Waals surface area contributed by atoms with Crippen LogP contribution in [0.4, 0.5) is 0 Å². The largest absolute Gasteiger partial charge is 0.337 e. The lowest BCUT2D eigenvalue weighted by atomic mass is 10.0. The van der Waals surface area contributed by atoms with Gasteiger partial charge in [-0.2, -0.15) is 0 Å². The average molecular weight is 274 g/mol. The molecule has 0 aromatic carbocycles. The normalized spacial score (nSPS) is 25.1. The van der Waals surface area contributed by atoms with E-state index in [4.69, 9.17) is 5.73 Å². The highest BCUT2D eigenvalue weighted by atomic mass is 16.2. The zero-order valence-corrected chi connectivity index (χ0v) is 11.7. The summed E-state index contributed by atoms with van der Waals surface area (Å²) in [4.78, 5) is 20.9. The fourth-order valence-corrected chi connectivity index (χ4v) is 3.18. The molecule has 0 radical (unpaired) electrons. The Hall–Kier alpha value is -1.46. The van der Waals surface area contributed by atoms with E-state index in [0.717, 1.165) is 45.4 Å². The van der Waals surface area contributed by atoms with E-state index in [1.54, 1.807) is 12.4 Å². The van der Waals surface area contributed by atoms with Crippen molar-refractivity contribution in [3.63, 3.8) is 0 Å². The monoisotopic (exact) mass is 274 g/mol. The van der Waals surface area contributed by atoms with Gasteiger partial charge in [0.25, 0.3) is 5.91 Å². The molecule has 5 heteroatoms. The SMILES string of the molecule is NC1CCN(C2CCN(C(=O)c3cccnc3)C2)CC1. The van der Waals surface area contributed by atoms with E-state index in [0.29, 0.717) is 17.6 Å². The van der Waals surface area contributed by atoms with Crippen molar-refractivity contribution in [1.82, 2.24) is 14.8 Å². The second-order valence-electron chi connectivity index (χ2n) is 5.81. The number of hydrogen-bond donors (Lipinski definition) is 1. The fourth-order valence-electron chi connectivity index (χ4n) is 3.18. The topological polar surface area (TPSA) is 62.5 Å². The molecule has 2 aliphatic rings. The molecular formula is C15H22N4O. The van der Waals surface area contributed by atoms with Crippen LogP contribution in [0, 0.1) is 0 Å². The molecule has 0 aliphatic carbocycles. The Kier molecular flexibility index (Phi) is 3.98. The Morgan fingerprint density at radius 1 is 1.25 bits per heavy atom. The molecule has 1 amide bonds. The molecule has 2 saturated heterocycles. The summed E-state index contributed by atoms with van der Waals surface area (Å²) in [6, 6.07) is 4.51. The molecule has 3 heterocycles. The summed E-state index contributed by atoms with van der Waals surface area (Å²) >= 11 is 0. The van der Waals surface area contributed by atoms with Crippen LogP contribution in [0.15, 0.2) is 24.5 Å². The van der Waals surface area contributed by atoms with Crippen molar-refractivity contribution in [2.75, 3.05) is 26.2 Å². The van der Waals surface area contributed by atoms with Gasteiger partial charge < -0.3 is 10.6 Å². The van der Waals surface area contributed by atoms with Gasteiger partial charge in [0.1, 0.15) is 0 Å². The first-order chi connectivity index (χ1) is 9.74. The van der Waals surface area contributed by atoms with Crippen molar-refractivity contribution >= 4 is 5.91 Å². The lowest BCUT2D eigenvalue weighted by Crippen LogP contribution is -2.46. The number of aromatic nitrogens is 1. The minimum absolute atomic E-state index is 0.106. The number of carbonyl (C=O) groups excluding carboxylic acids is 1. The Morgan fingerprint density at radius 2 is 2.05 bits per heavy atom. The van der Waals surface area contributed by atoms with E-state index in [1.807, 2.05) is 17.0 Å². The molecule has 1 aromatic rings. The summed E-state index contributed by atoms with van der Waals surface area (Å²) in [6.45, 7) is 3.82. The first-order valence-corrected chi connectivity index (χ1v) is 7.43. The maximum Gasteiger partial charge on any atom is 0.255 e. The van der Waals surface area contributed by atoms with Crippen LogP contribution < -0.4 is 5.73 Å². The second kappa shape index (κ2) is 5.89. The third-order valence-electron chi connectivity index (χ3n) is 4.45. The van der Waals surface area contributed by atoms with Crippen LogP contribution in [0.2, 0.25) is 0 Å². The maximum absolute atomic E-state index is 12.4. The first-order valence-electron chi connectivity index (χ1n) is 7.43. The van der Waals surface area contributed by atoms with Crippen LogP contribution in [0.3, 0.4) is 0 Å². The average Bonchev–Trinajstić information content (AvgIpc) is 2.98. The number of pyridine rings is 1. The highest BCUT2D eigenvalue weighted by Gasteiger charge is 2.32. The minimum atomic E-state index is 0.106. The van der Waals surface area contributed by atoms with Crippen molar-refractivity contribution < 1.29 is 4.79 Å². The minimum Gasteiger partial charge on any atom is -0.337 e. The molecule has 1 atom stereocenters. The Morgan fingerprint density at radius 3 is 2.75 bits per heavy atom. The quantitative estimate of drug-likeness (QED) is 0.863. The summed E-state index contributed by atoms with van der Waals surface area (Å²) in [7, 11) is 0. The predicted molar refractivity (Wildman–Crippen MR) is 77.3 cm³/mol. The molecule has 1 unspecified atom stereocenters. The highest BCUT2D eigenvalue weighted by molar-refractivity contribution is 5.94. The first kappa shape index (κ1) is 13.5. The van der Waals surface area contributed by atoms with E-state index < -0.39 is 0 Å². The predicted octanol–water partition coefficient (Wildman–Crippen LogP) is 0.719. The smallest absolute Gasteiger partial charge is 0.255 e. The Bertz CT molecular complexity index is 456. The van der Waals surface area contributed by atoms with Crippen molar-refractivity contribution in [3.05, 3.63) is 30.1 Å². The summed E-state index contributed by atoms with van der Waals surface area (Å²) in [5, 5.41) is 0. The number of nitrogens with zero attached hydrogens (tertiary/aromatic N) is 3. The molecule has 0 bridgehead atoms. The molecule has 5 nitrogen and oxygen atoms in total. The lowest BCUT2D eigenvalue weighted by Gasteiger charge is -2.34. The molecule has 0 spiro atoms. The molecule has 2 N–H and O–H groups in total. The van der Waals surface area contributed by atoms with E-state index >= 15 is 0 Å². The van der Waals surface area contributed by atoms with Gasteiger partial charge in [0.2, 0.25) is 0 Å². The number of amides is 1. The number of likely N-dealkylation sites (tertiary alicyclic amines) is 2. The van der Waals surface area contributed by atoms with Crippen LogP contribution >= 0.6 is 0 Å². The maximum atomic E-state index is 12.4. The van der Waals surface area contributed by atoms with Crippen LogP contribution in [0.1, 0.15) is 29.6 Å². The highest BCUT2D eigenvalue weighted by Crippen LogP contribution is 2.21. The number of carbonyl (C=O) groups is 1. The third-order valence-corrected chi connectivity index (χ3v) is 4.45. The number of piperidine rings is 1. The number of nitrogens with two attached hydrogens (primary N) is 1. The van der Waals surface area contributed by atoms with Gasteiger partial charge in [0.05, 0.1) is 5.56 Å². The van der Waals surface area contributed by atoms with Gasteiger partial charge in [-0.3, -0.25) is 14.7 Å². The number of rotatable bonds is 2. The van der Waals surface area contributed by atoms with E-state index in [-0.39, 0.29) is 5.91 Å². The van der Waals surface area contributed by atoms with Gasteiger partial charge in [-0.1, -0.05) is 0 Å². The zero-order chi connectivity index (χ0) is 13.9. The van der Waals surface area contributed by atoms with E-state index in [9.17, 15) is 4.79 Å². The van der Waals surface area contributed by atoms with Gasteiger partial charge in [-0.25, -0.2) is 0 Å². The molecule has 1 aromatic heterocycles. The van der Waals surface area contributed by atoms with E-state index in [2.05, 4.69) is 9.88 Å². The van der Waals surface area contributed by atoms with Crippen LogP contribution in [-0.4, -0.2) is 59.0 Å². The zero-order valence-electron chi connectivity index (χ0n) is 11.7. The molecule has 2 aliphatic heterocycles. The molecule has 20 heavy (non-hydrogen) atoms. The van der Waals surface area contributed by atoms with Gasteiger partial charge in [-0.15, -0.1) is 0 Å². The second-order valence-corrected chi connectivity index (χ2v) is 5.81. The third kappa shape index (κ3) is 2.83. The van der Waals surface area contributed by atoms with Gasteiger partial charge in [0, 0.05) is 37.6 Å². The van der Waals surface area contributed by atoms with Crippen LogP contribution in [0.5, 0.6) is 0 Å². The molecule has 3 rings (SSSR count). The molecule has 108 valence electrons. The van der Waals surface area contributed by atoms with Crippen LogP contribution in [-0.2, 0) is 0 Å². The lowest BCUT2D eigenvalue weighted by molar-refractivity contribution is 0.0769. The van der Waals surface area contributed by atoms with Crippen LogP contribution in [0.25, 0.3) is 0 Å². The summed E-state index contributed by atoms with van der Waals surface area (Å²) in [6.07, 6.45) is 6.57. The summed E-state index contributed by atoms with van der Waals surface area (Å²) in [5.74, 6) is 0.106. The van der Waals surface area contributed by atoms with Crippen molar-refractivity contribution in [3.8, 4) is 0 Å². The van der Waals surface area contributed by atoms with Crippen molar-refractivity contribution in [1.29, 1.82) is 0 Å². The fraction of sp³-hybridized carbons (Fsp3) is 0.600. The molecular weight excluding hydrogens is 252 g/mol. The Balaban J connectivity index is 1.58. The molecule has 0 saturated carbocycles. The summed E-state index contributed by atoms with van der Waals surface area (Å²) < 4.78 is 0. The van der Waals surface area contributed by atoms with Gasteiger partial charge in [0.15, 0.2) is 0 Å².